The number of carbonyl (C=O) groups excluding carboxylic acids is 4. The van der Waals surface area contributed by atoms with Gasteiger partial charge in [0, 0.05) is 37.5 Å². The molecule has 2 heterocycles. The number of hydrogen-bond acceptors (Lipinski definition) is 9. The first-order chi connectivity index (χ1) is 24.9. The highest BCUT2D eigenvalue weighted by atomic mass is 16.6. The van der Waals surface area contributed by atoms with E-state index in [0.29, 0.717) is 29.8 Å². The number of nitrogens with two attached hydrogens (primary N) is 2. The molecule has 7 atom stereocenters. The van der Waals surface area contributed by atoms with Crippen LogP contribution in [0.25, 0.3) is 0 Å². The predicted octanol–water partition coefficient (Wildman–Crippen LogP) is 1.05. The van der Waals surface area contributed by atoms with Gasteiger partial charge in [-0.3, -0.25) is 24.2 Å². The van der Waals surface area contributed by atoms with Crippen LogP contribution in [0.1, 0.15) is 69.4 Å². The molecule has 1 aromatic carbocycles. The molecule has 0 aromatic heterocycles. The number of hydrogen-bond donors (Lipinski definition) is 6. The Hall–Kier alpha value is -5.02. The Morgan fingerprint density at radius 1 is 1.17 bits per heavy atom. The van der Waals surface area contributed by atoms with Crippen molar-refractivity contribution in [3.8, 4) is 11.5 Å². The Labute approximate surface area is 302 Å². The van der Waals surface area contributed by atoms with Crippen molar-refractivity contribution in [1.82, 2.24) is 20.9 Å². The van der Waals surface area contributed by atoms with E-state index in [4.69, 9.17) is 25.7 Å². The summed E-state index contributed by atoms with van der Waals surface area (Å²) in [4.78, 5) is 68.8. The van der Waals surface area contributed by atoms with Crippen molar-refractivity contribution >= 4 is 35.7 Å². The monoisotopic (exact) mass is 723 g/mol. The van der Waals surface area contributed by atoms with Crippen LogP contribution < -0.4 is 36.9 Å². The topological polar surface area (TPSA) is 237 Å². The number of aliphatic carboxylic acids is 1. The number of carboxylic acids is 1. The van der Waals surface area contributed by atoms with Gasteiger partial charge in [0.1, 0.15) is 11.8 Å². The first-order valence-electron chi connectivity index (χ1n) is 18.1. The number of aliphatic imine (C=N–C) groups is 1. The van der Waals surface area contributed by atoms with Crippen LogP contribution in [-0.2, 0) is 35.8 Å². The van der Waals surface area contributed by atoms with Crippen molar-refractivity contribution in [3.63, 3.8) is 0 Å². The lowest BCUT2D eigenvalue weighted by atomic mass is 9.49. The van der Waals surface area contributed by atoms with Gasteiger partial charge in [0.25, 0.3) is 0 Å². The Balaban J connectivity index is 1.17. The van der Waals surface area contributed by atoms with Crippen LogP contribution in [0.15, 0.2) is 29.0 Å². The fraction of sp³-hybridized carbons (Fsp3) is 0.611. The fourth-order valence-electron chi connectivity index (χ4n) is 9.14. The van der Waals surface area contributed by atoms with Crippen LogP contribution in [0.5, 0.6) is 11.5 Å². The average molecular weight is 724 g/mol. The lowest BCUT2D eigenvalue weighted by Crippen LogP contribution is -2.57. The largest absolute Gasteiger partial charge is 0.493 e. The SMILES string of the molecule is COc1ccc2c3c1OC1C(OC(=O)N4CCC(C(=O)O)CC4CNC(=O)[C@H](CCCN=C(N)N)NC(=O)CNC(C)=O)=CC[C@H]4[C@H](CCC[C@]314)C2. The predicted molar refractivity (Wildman–Crippen MR) is 187 cm³/mol. The zero-order chi connectivity index (χ0) is 37.2. The zero-order valence-corrected chi connectivity index (χ0v) is 29.7. The molecule has 1 saturated carbocycles. The first-order valence-corrected chi connectivity index (χ1v) is 18.1. The molecule has 3 unspecified atom stereocenters. The van der Waals surface area contributed by atoms with Crippen LogP contribution in [0.4, 0.5) is 4.79 Å². The summed E-state index contributed by atoms with van der Waals surface area (Å²) in [6, 6.07) is 2.37. The van der Waals surface area contributed by atoms with E-state index in [2.05, 4.69) is 27.0 Å². The number of piperidine rings is 1. The molecule has 5 aliphatic rings. The van der Waals surface area contributed by atoms with E-state index in [9.17, 15) is 29.1 Å². The van der Waals surface area contributed by atoms with Gasteiger partial charge in [0.05, 0.1) is 25.6 Å². The van der Waals surface area contributed by atoms with Crippen LogP contribution in [0, 0.1) is 17.8 Å². The van der Waals surface area contributed by atoms with Crippen molar-refractivity contribution in [1.29, 1.82) is 0 Å². The molecule has 282 valence electrons. The van der Waals surface area contributed by atoms with Crippen molar-refractivity contribution in [2.24, 2.45) is 34.2 Å². The van der Waals surface area contributed by atoms with Crippen LogP contribution >= 0.6 is 0 Å². The summed E-state index contributed by atoms with van der Waals surface area (Å²) in [5.74, 6) is -0.656. The van der Waals surface area contributed by atoms with Gasteiger partial charge in [-0.25, -0.2) is 4.79 Å². The summed E-state index contributed by atoms with van der Waals surface area (Å²) in [5, 5.41) is 17.7. The van der Waals surface area contributed by atoms with Gasteiger partial charge < -0.3 is 51.6 Å². The molecule has 1 aromatic rings. The number of rotatable bonds is 13. The summed E-state index contributed by atoms with van der Waals surface area (Å²) < 4.78 is 18.6. The van der Waals surface area contributed by atoms with Crippen molar-refractivity contribution in [3.05, 3.63) is 35.1 Å². The molecule has 2 fully saturated rings. The minimum atomic E-state index is -1.01. The molecule has 3 aliphatic carbocycles. The average Bonchev–Trinajstić information content (AvgIpc) is 3.46. The molecule has 16 nitrogen and oxygen atoms in total. The van der Waals surface area contributed by atoms with Gasteiger partial charge in [-0.1, -0.05) is 12.5 Å². The molecule has 8 N–H and O–H groups in total. The Bertz CT molecular complexity index is 1660. The van der Waals surface area contributed by atoms with E-state index in [1.807, 2.05) is 12.1 Å². The highest BCUT2D eigenvalue weighted by molar-refractivity contribution is 5.90. The molecular weight excluding hydrogens is 674 g/mol. The summed E-state index contributed by atoms with van der Waals surface area (Å²) in [6.07, 6.45) is 6.52. The summed E-state index contributed by atoms with van der Waals surface area (Å²) in [6.45, 7) is 1.20. The van der Waals surface area contributed by atoms with Crippen LogP contribution in [0.3, 0.4) is 0 Å². The molecular formula is C36H49N7O9. The number of nitrogens with zero attached hydrogens (tertiary/aromatic N) is 2. The number of nitrogens with one attached hydrogen (secondary N) is 3. The third-order valence-electron chi connectivity index (χ3n) is 11.4. The number of ether oxygens (including phenoxy) is 3. The number of benzene rings is 1. The smallest absolute Gasteiger partial charge is 0.415 e. The standard InChI is InChI=1S/C36H49N7O9/c1-19(44)40-18-28(45)42-25(6-4-13-39-34(37)38)32(46)41-17-23-16-22(33(47)48)11-14-43(23)35(49)51-27-10-8-24-20-5-3-12-36(24)29-21(15-20)7-9-26(50-2)30(29)52-31(27)36/h7,9-10,20,22-25,31H,3-6,8,11-18H2,1-2H3,(H,40,44)(H,41,46)(H,42,45)(H,47,48)(H4,37,38,39)/t20-,22?,23?,24+,25+,31?,36+/m1/s1. The minimum absolute atomic E-state index is 0.0810. The lowest BCUT2D eigenvalue weighted by Gasteiger charge is -2.53. The van der Waals surface area contributed by atoms with Crippen molar-refractivity contribution in [2.45, 2.75) is 88.3 Å². The number of carbonyl (C=O) groups is 5. The van der Waals surface area contributed by atoms with E-state index in [1.165, 1.54) is 23.0 Å². The second kappa shape index (κ2) is 15.3. The van der Waals surface area contributed by atoms with E-state index in [-0.39, 0.29) is 56.8 Å². The van der Waals surface area contributed by atoms with Gasteiger partial charge in [-0.2, -0.15) is 0 Å². The third kappa shape index (κ3) is 7.19. The number of allylic oxidation sites excluding steroid dienone is 1. The highest BCUT2D eigenvalue weighted by Gasteiger charge is 2.64. The lowest BCUT2D eigenvalue weighted by molar-refractivity contribution is -0.144. The third-order valence-corrected chi connectivity index (χ3v) is 11.4. The van der Waals surface area contributed by atoms with Gasteiger partial charge >= 0.3 is 12.1 Å². The number of likely N-dealkylation sites (tertiary alicyclic amines) is 1. The van der Waals surface area contributed by atoms with Gasteiger partial charge in [0.2, 0.25) is 17.7 Å². The summed E-state index contributed by atoms with van der Waals surface area (Å²) >= 11 is 0. The second-order valence-corrected chi connectivity index (χ2v) is 14.5. The molecule has 2 aliphatic heterocycles. The molecule has 4 amide bonds. The fourth-order valence-corrected chi connectivity index (χ4v) is 9.14. The maximum Gasteiger partial charge on any atom is 0.415 e. The molecule has 2 bridgehead atoms. The Kier molecular flexibility index (Phi) is 10.8. The van der Waals surface area contributed by atoms with Crippen molar-refractivity contribution < 1.29 is 43.3 Å². The van der Waals surface area contributed by atoms with E-state index in [0.717, 1.165) is 37.9 Å². The van der Waals surface area contributed by atoms with Crippen LogP contribution in [0.2, 0.25) is 0 Å². The van der Waals surface area contributed by atoms with E-state index >= 15 is 0 Å². The molecule has 6 rings (SSSR count). The minimum Gasteiger partial charge on any atom is -0.493 e. The van der Waals surface area contributed by atoms with E-state index < -0.39 is 53.9 Å². The van der Waals surface area contributed by atoms with Gasteiger partial charge in [-0.05, 0) is 80.9 Å². The molecule has 52 heavy (non-hydrogen) atoms. The van der Waals surface area contributed by atoms with E-state index in [1.54, 1.807) is 7.11 Å². The molecule has 0 radical (unpaired) electrons. The van der Waals surface area contributed by atoms with Gasteiger partial charge in [-0.15, -0.1) is 0 Å². The maximum atomic E-state index is 14.0. The zero-order valence-electron chi connectivity index (χ0n) is 29.7. The molecule has 16 heteroatoms. The number of guanidine groups is 1. The molecule has 1 spiro atoms. The normalized spacial score (nSPS) is 27.1. The number of methoxy groups -OCH3 is 1. The summed E-state index contributed by atoms with van der Waals surface area (Å²) in [5.41, 5.74) is 12.9. The van der Waals surface area contributed by atoms with Crippen molar-refractivity contribution in [2.75, 3.05) is 33.3 Å². The van der Waals surface area contributed by atoms with Crippen LogP contribution in [-0.4, -0.2) is 97.2 Å². The second-order valence-electron chi connectivity index (χ2n) is 14.5. The quantitative estimate of drug-likeness (QED) is 0.0956. The number of amides is 4. The highest BCUT2D eigenvalue weighted by Crippen LogP contribution is 2.66. The van der Waals surface area contributed by atoms with Gasteiger partial charge in [0.15, 0.2) is 23.6 Å². The summed E-state index contributed by atoms with van der Waals surface area (Å²) in [7, 11) is 1.62. The maximum absolute atomic E-state index is 14.0. The Morgan fingerprint density at radius 3 is 2.71 bits per heavy atom. The Morgan fingerprint density at radius 2 is 1.98 bits per heavy atom. The number of carboxylic acid groups (broad SMARTS) is 1. The first kappa shape index (κ1) is 36.8. The molecule has 1 saturated heterocycles.